The Hall–Kier alpha value is -2.56. The Morgan fingerprint density at radius 3 is 1.39 bits per heavy atom. The van der Waals surface area contributed by atoms with Crippen LogP contribution < -0.4 is 0 Å². The highest BCUT2D eigenvalue weighted by Gasteiger charge is 2.73. The lowest BCUT2D eigenvalue weighted by atomic mass is 9.63. The van der Waals surface area contributed by atoms with Crippen molar-refractivity contribution in [3.8, 4) is 24.3 Å². The third-order valence-corrected chi connectivity index (χ3v) is 4.68. The first-order chi connectivity index (χ1) is 8.70. The van der Waals surface area contributed by atoms with Crippen molar-refractivity contribution >= 4 is 0 Å². The summed E-state index contributed by atoms with van der Waals surface area (Å²) in [5.41, 5.74) is -3.11. The maximum Gasteiger partial charge on any atom is 0.182 e. The van der Waals surface area contributed by atoms with Crippen LogP contribution in [-0.2, 0) is 0 Å². The largest absolute Gasteiger partial charge is 0.196 e. The fraction of sp³-hybridized carbons (Fsp3) is 0.429. The molecule has 4 atom stereocenters. The van der Waals surface area contributed by atoms with E-state index < -0.39 is 10.8 Å². The van der Waals surface area contributed by atoms with Crippen LogP contribution in [0.2, 0.25) is 0 Å². The van der Waals surface area contributed by atoms with E-state index in [1.54, 1.807) is 0 Å². The predicted molar refractivity (Wildman–Crippen MR) is 59.6 cm³/mol. The minimum atomic E-state index is -1.55. The minimum absolute atomic E-state index is 0.0172. The molecule has 0 radical (unpaired) electrons. The molecule has 1 fully saturated rings. The van der Waals surface area contributed by atoms with E-state index in [2.05, 4.69) is 0 Å². The van der Waals surface area contributed by atoms with Gasteiger partial charge < -0.3 is 0 Å². The van der Waals surface area contributed by atoms with E-state index in [1.807, 2.05) is 48.6 Å². The summed E-state index contributed by atoms with van der Waals surface area (Å²) >= 11 is 0. The van der Waals surface area contributed by atoms with Gasteiger partial charge in [-0.05, 0) is 11.8 Å². The molecular weight excluding hydrogens is 224 g/mol. The smallest absolute Gasteiger partial charge is 0.182 e. The lowest BCUT2D eigenvalue weighted by Gasteiger charge is -2.28. The standard InChI is InChI=1S/C14H8N4/c15-5-13(6-16)10-3-1-9-2-4-11(12(9)10)14(13,7-17)8-18/h1-4,9-12H/t9?,10-,11+,12?. The number of hydrogen-bond donors (Lipinski definition) is 0. The molecular formula is C14H8N4. The van der Waals surface area contributed by atoms with E-state index in [1.165, 1.54) is 0 Å². The Labute approximate surface area is 105 Å². The molecule has 4 heteroatoms. The summed E-state index contributed by atoms with van der Waals surface area (Å²) in [5, 5.41) is 37.8. The molecule has 0 heterocycles. The van der Waals surface area contributed by atoms with Gasteiger partial charge in [-0.3, -0.25) is 0 Å². The highest BCUT2D eigenvalue weighted by Crippen LogP contribution is 2.68. The predicted octanol–water partition coefficient (Wildman–Crippen LogP) is 1.67. The van der Waals surface area contributed by atoms with Gasteiger partial charge in [0.25, 0.3) is 0 Å². The molecule has 1 saturated carbocycles. The Balaban J connectivity index is 2.34. The van der Waals surface area contributed by atoms with Crippen molar-refractivity contribution in [3.05, 3.63) is 24.3 Å². The Morgan fingerprint density at radius 2 is 1.06 bits per heavy atom. The number of nitrogens with zero attached hydrogens (tertiary/aromatic N) is 4. The molecule has 0 aromatic heterocycles. The van der Waals surface area contributed by atoms with Gasteiger partial charge in [-0.25, -0.2) is 0 Å². The van der Waals surface area contributed by atoms with Crippen molar-refractivity contribution in [2.45, 2.75) is 0 Å². The van der Waals surface area contributed by atoms with Crippen molar-refractivity contribution < 1.29 is 0 Å². The zero-order chi connectivity index (χ0) is 13.0. The maximum absolute atomic E-state index is 9.46. The zero-order valence-corrected chi connectivity index (χ0v) is 9.41. The van der Waals surface area contributed by atoms with E-state index >= 15 is 0 Å². The Bertz CT molecular complexity index is 559. The van der Waals surface area contributed by atoms with Crippen molar-refractivity contribution in [1.82, 2.24) is 0 Å². The summed E-state index contributed by atoms with van der Waals surface area (Å²) in [5.74, 6) is -0.471. The van der Waals surface area contributed by atoms with Crippen LogP contribution >= 0.6 is 0 Å². The summed E-state index contributed by atoms with van der Waals surface area (Å²) in [4.78, 5) is 0. The van der Waals surface area contributed by atoms with Crippen molar-refractivity contribution in [1.29, 1.82) is 21.0 Å². The first-order valence-electron chi connectivity index (χ1n) is 5.72. The SMILES string of the molecule is N#CC1(C#N)[C@@H]2C=CC3C=C[C@@H](C32)C1(C#N)C#N. The van der Waals surface area contributed by atoms with Crippen LogP contribution in [0.1, 0.15) is 0 Å². The second-order valence-corrected chi connectivity index (χ2v) is 5.04. The normalized spacial score (nSPS) is 39.3. The monoisotopic (exact) mass is 232 g/mol. The van der Waals surface area contributed by atoms with Gasteiger partial charge in [0.1, 0.15) is 0 Å². The molecule has 3 aliphatic rings. The molecule has 0 saturated heterocycles. The van der Waals surface area contributed by atoms with Crippen LogP contribution in [-0.4, -0.2) is 0 Å². The van der Waals surface area contributed by atoms with Gasteiger partial charge in [0, 0.05) is 11.8 Å². The third kappa shape index (κ3) is 0.756. The van der Waals surface area contributed by atoms with Crippen LogP contribution in [0.3, 0.4) is 0 Å². The fourth-order valence-electron chi connectivity index (χ4n) is 3.87. The maximum atomic E-state index is 9.46. The molecule has 0 amide bonds. The van der Waals surface area contributed by atoms with Gasteiger partial charge in [0.05, 0.1) is 24.3 Å². The quantitative estimate of drug-likeness (QED) is 0.593. The number of hydrogen-bond acceptors (Lipinski definition) is 4. The average Bonchev–Trinajstić information content (AvgIpc) is 3.04. The van der Waals surface area contributed by atoms with Crippen LogP contribution in [0, 0.1) is 79.8 Å². The molecule has 0 bridgehead atoms. The summed E-state index contributed by atoms with van der Waals surface area (Å²) in [6.07, 6.45) is 7.64. The Morgan fingerprint density at radius 1 is 0.667 bits per heavy atom. The first kappa shape index (κ1) is 10.6. The average molecular weight is 232 g/mol. The van der Waals surface area contributed by atoms with Gasteiger partial charge in [-0.15, -0.1) is 0 Å². The highest BCUT2D eigenvalue weighted by molar-refractivity contribution is 5.48. The molecule has 18 heavy (non-hydrogen) atoms. The van der Waals surface area contributed by atoms with Crippen molar-refractivity contribution in [3.63, 3.8) is 0 Å². The van der Waals surface area contributed by atoms with Crippen LogP contribution in [0.25, 0.3) is 0 Å². The second-order valence-electron chi connectivity index (χ2n) is 5.04. The number of rotatable bonds is 0. The van der Waals surface area contributed by atoms with Crippen LogP contribution in [0.15, 0.2) is 24.3 Å². The van der Waals surface area contributed by atoms with Gasteiger partial charge in [-0.1, -0.05) is 24.3 Å². The van der Waals surface area contributed by atoms with Crippen LogP contribution in [0.5, 0.6) is 0 Å². The van der Waals surface area contributed by atoms with Crippen molar-refractivity contribution in [2.24, 2.45) is 34.5 Å². The molecule has 0 N–H and O–H groups in total. The lowest BCUT2D eigenvalue weighted by Crippen LogP contribution is -2.39. The lowest BCUT2D eigenvalue weighted by molar-refractivity contribution is 0.290. The van der Waals surface area contributed by atoms with Gasteiger partial charge in [0.15, 0.2) is 10.8 Å². The highest BCUT2D eigenvalue weighted by atomic mass is 14.7. The summed E-state index contributed by atoms with van der Waals surface area (Å²) < 4.78 is 0. The fourth-order valence-corrected chi connectivity index (χ4v) is 3.87. The van der Waals surface area contributed by atoms with Gasteiger partial charge in [0.2, 0.25) is 0 Å². The molecule has 2 unspecified atom stereocenters. The number of allylic oxidation sites excluding steroid dienone is 4. The molecule has 3 rings (SSSR count). The summed E-state index contributed by atoms with van der Waals surface area (Å²) in [6, 6.07) is 7.94. The van der Waals surface area contributed by atoms with E-state index in [9.17, 15) is 21.0 Å². The van der Waals surface area contributed by atoms with E-state index in [0.29, 0.717) is 0 Å². The molecule has 4 nitrogen and oxygen atoms in total. The second kappa shape index (κ2) is 3.01. The molecule has 0 aliphatic heterocycles. The van der Waals surface area contributed by atoms with Crippen LogP contribution in [0.4, 0.5) is 0 Å². The zero-order valence-electron chi connectivity index (χ0n) is 9.41. The van der Waals surface area contributed by atoms with Crippen molar-refractivity contribution in [2.75, 3.05) is 0 Å². The third-order valence-electron chi connectivity index (χ3n) is 4.68. The molecule has 0 aromatic rings. The van der Waals surface area contributed by atoms with E-state index in [-0.39, 0.29) is 23.7 Å². The molecule has 84 valence electrons. The first-order valence-corrected chi connectivity index (χ1v) is 5.72. The number of nitriles is 4. The van der Waals surface area contributed by atoms with Gasteiger partial charge >= 0.3 is 0 Å². The minimum Gasteiger partial charge on any atom is -0.196 e. The summed E-state index contributed by atoms with van der Waals surface area (Å²) in [6.45, 7) is 0. The molecule has 0 aromatic carbocycles. The Kier molecular flexibility index (Phi) is 1.77. The molecule has 3 aliphatic carbocycles. The summed E-state index contributed by atoms with van der Waals surface area (Å²) in [7, 11) is 0. The van der Waals surface area contributed by atoms with Gasteiger partial charge in [-0.2, -0.15) is 21.0 Å². The van der Waals surface area contributed by atoms with E-state index in [0.717, 1.165) is 0 Å². The topological polar surface area (TPSA) is 95.2 Å². The van der Waals surface area contributed by atoms with E-state index in [4.69, 9.17) is 0 Å². The molecule has 0 spiro atoms.